The minimum atomic E-state index is 0.767. The number of hydrogen-bond donors (Lipinski definition) is 1. The van der Waals surface area contributed by atoms with Crippen molar-refractivity contribution in [2.45, 2.75) is 6.54 Å². The predicted octanol–water partition coefficient (Wildman–Crippen LogP) is 1.21. The Labute approximate surface area is 102 Å². The van der Waals surface area contributed by atoms with Crippen molar-refractivity contribution >= 4 is 0 Å². The molecule has 1 aromatic rings. The van der Waals surface area contributed by atoms with Gasteiger partial charge in [0.2, 0.25) is 0 Å². The van der Waals surface area contributed by atoms with E-state index in [0.29, 0.717) is 0 Å². The van der Waals surface area contributed by atoms with Crippen molar-refractivity contribution in [3.8, 4) is 6.07 Å². The number of nitrogens with zero attached hydrogens (tertiary/aromatic N) is 2. The number of rotatable bonds is 2. The lowest BCUT2D eigenvalue weighted by atomic mass is 10.0. The van der Waals surface area contributed by atoms with Crippen LogP contribution in [0.3, 0.4) is 0 Å². The van der Waals surface area contributed by atoms with Crippen LogP contribution in [0.15, 0.2) is 24.3 Å². The van der Waals surface area contributed by atoms with Crippen LogP contribution in [0.4, 0.5) is 0 Å². The SMILES string of the molecule is N#Cc1cccc(CN2CC3CNCC3C2)c1. The number of benzene rings is 1. The Morgan fingerprint density at radius 2 is 2.06 bits per heavy atom. The van der Waals surface area contributed by atoms with Gasteiger partial charge in [-0.1, -0.05) is 12.1 Å². The molecule has 2 atom stereocenters. The summed E-state index contributed by atoms with van der Waals surface area (Å²) in [5.41, 5.74) is 2.03. The van der Waals surface area contributed by atoms with Crippen LogP contribution < -0.4 is 5.32 Å². The van der Waals surface area contributed by atoms with Gasteiger partial charge >= 0.3 is 0 Å². The standard InChI is InChI=1S/C14H17N3/c15-5-11-2-1-3-12(4-11)8-17-9-13-6-16-7-14(13)10-17/h1-4,13-14,16H,6-10H2. The fourth-order valence-corrected chi connectivity index (χ4v) is 3.08. The van der Waals surface area contributed by atoms with E-state index < -0.39 is 0 Å². The zero-order valence-corrected chi connectivity index (χ0v) is 9.89. The molecule has 2 heterocycles. The molecular weight excluding hydrogens is 210 g/mol. The van der Waals surface area contributed by atoms with E-state index in [-0.39, 0.29) is 0 Å². The maximum absolute atomic E-state index is 8.88. The smallest absolute Gasteiger partial charge is 0.0991 e. The maximum Gasteiger partial charge on any atom is 0.0991 e. The van der Waals surface area contributed by atoms with E-state index in [1.54, 1.807) is 0 Å². The Hall–Kier alpha value is -1.37. The van der Waals surface area contributed by atoms with Crippen LogP contribution in [0.25, 0.3) is 0 Å². The first kappa shape index (κ1) is 10.8. The van der Waals surface area contributed by atoms with Crippen molar-refractivity contribution in [3.05, 3.63) is 35.4 Å². The summed E-state index contributed by atoms with van der Waals surface area (Å²) in [7, 11) is 0. The highest BCUT2D eigenvalue weighted by Gasteiger charge is 2.35. The Bertz CT molecular complexity index is 437. The Morgan fingerprint density at radius 1 is 1.29 bits per heavy atom. The highest BCUT2D eigenvalue weighted by atomic mass is 15.2. The van der Waals surface area contributed by atoms with Crippen molar-refractivity contribution < 1.29 is 0 Å². The van der Waals surface area contributed by atoms with Gasteiger partial charge in [0.1, 0.15) is 0 Å². The van der Waals surface area contributed by atoms with Gasteiger partial charge in [0.05, 0.1) is 11.6 Å². The maximum atomic E-state index is 8.88. The quantitative estimate of drug-likeness (QED) is 0.825. The lowest BCUT2D eigenvalue weighted by Crippen LogP contribution is -2.25. The van der Waals surface area contributed by atoms with E-state index in [1.807, 2.05) is 18.2 Å². The fourth-order valence-electron chi connectivity index (χ4n) is 3.08. The number of nitriles is 1. The molecule has 2 unspecified atom stereocenters. The summed E-state index contributed by atoms with van der Waals surface area (Å²) >= 11 is 0. The predicted molar refractivity (Wildman–Crippen MR) is 66.3 cm³/mol. The van der Waals surface area contributed by atoms with Crippen LogP contribution in [0.1, 0.15) is 11.1 Å². The van der Waals surface area contributed by atoms with E-state index in [4.69, 9.17) is 5.26 Å². The van der Waals surface area contributed by atoms with Crippen molar-refractivity contribution in [3.63, 3.8) is 0 Å². The lowest BCUT2D eigenvalue weighted by Gasteiger charge is -2.16. The van der Waals surface area contributed by atoms with E-state index in [2.05, 4.69) is 22.4 Å². The van der Waals surface area contributed by atoms with Gasteiger partial charge in [-0.15, -0.1) is 0 Å². The van der Waals surface area contributed by atoms with Gasteiger partial charge in [-0.25, -0.2) is 0 Å². The molecule has 17 heavy (non-hydrogen) atoms. The third-order valence-corrected chi connectivity index (χ3v) is 3.93. The minimum absolute atomic E-state index is 0.767. The summed E-state index contributed by atoms with van der Waals surface area (Å²) in [6, 6.07) is 10.2. The van der Waals surface area contributed by atoms with E-state index in [0.717, 1.165) is 23.9 Å². The van der Waals surface area contributed by atoms with Crippen LogP contribution in [0, 0.1) is 23.2 Å². The zero-order valence-electron chi connectivity index (χ0n) is 9.89. The molecule has 0 aromatic heterocycles. The molecule has 0 amide bonds. The number of fused-ring (bicyclic) bond motifs is 1. The summed E-state index contributed by atoms with van der Waals surface area (Å²) in [5, 5.41) is 12.3. The number of hydrogen-bond acceptors (Lipinski definition) is 3. The topological polar surface area (TPSA) is 39.1 Å². The van der Waals surface area contributed by atoms with Crippen LogP contribution in [-0.4, -0.2) is 31.1 Å². The Morgan fingerprint density at radius 3 is 2.76 bits per heavy atom. The molecule has 3 nitrogen and oxygen atoms in total. The molecule has 88 valence electrons. The molecular formula is C14H17N3. The first-order chi connectivity index (χ1) is 8.35. The Kier molecular flexibility index (Phi) is 2.84. The second-order valence-corrected chi connectivity index (χ2v) is 5.18. The molecule has 2 aliphatic rings. The molecule has 0 bridgehead atoms. The normalized spacial score (nSPS) is 27.9. The van der Waals surface area contributed by atoms with Crippen LogP contribution >= 0.6 is 0 Å². The summed E-state index contributed by atoms with van der Waals surface area (Å²) in [6.07, 6.45) is 0. The first-order valence-electron chi connectivity index (χ1n) is 6.27. The van der Waals surface area contributed by atoms with Gasteiger partial charge in [0.15, 0.2) is 0 Å². The average molecular weight is 227 g/mol. The van der Waals surface area contributed by atoms with Gasteiger partial charge in [0.25, 0.3) is 0 Å². The molecule has 3 heteroatoms. The number of likely N-dealkylation sites (tertiary alicyclic amines) is 1. The van der Waals surface area contributed by atoms with Gasteiger partial charge in [0, 0.05) is 19.6 Å². The molecule has 1 N–H and O–H groups in total. The molecule has 1 aromatic carbocycles. The third-order valence-electron chi connectivity index (χ3n) is 3.93. The van der Waals surface area contributed by atoms with E-state index >= 15 is 0 Å². The second-order valence-electron chi connectivity index (χ2n) is 5.18. The number of nitrogens with one attached hydrogen (secondary N) is 1. The molecule has 0 spiro atoms. The molecule has 2 aliphatic heterocycles. The Balaban J connectivity index is 1.66. The first-order valence-corrected chi connectivity index (χ1v) is 6.27. The molecule has 3 rings (SSSR count). The van der Waals surface area contributed by atoms with Gasteiger partial charge in [-0.3, -0.25) is 4.90 Å². The molecule has 0 radical (unpaired) electrons. The summed E-state index contributed by atoms with van der Waals surface area (Å²) in [4.78, 5) is 2.52. The summed E-state index contributed by atoms with van der Waals surface area (Å²) in [5.74, 6) is 1.68. The zero-order chi connectivity index (χ0) is 11.7. The second kappa shape index (κ2) is 4.48. The highest BCUT2D eigenvalue weighted by molar-refractivity contribution is 5.32. The summed E-state index contributed by atoms with van der Waals surface area (Å²) < 4.78 is 0. The lowest BCUT2D eigenvalue weighted by molar-refractivity contribution is 0.305. The molecule has 0 aliphatic carbocycles. The van der Waals surface area contributed by atoms with Gasteiger partial charge in [-0.05, 0) is 42.6 Å². The monoisotopic (exact) mass is 227 g/mol. The van der Waals surface area contributed by atoms with Crippen LogP contribution in [0.2, 0.25) is 0 Å². The fraction of sp³-hybridized carbons (Fsp3) is 0.500. The third kappa shape index (κ3) is 2.19. The van der Waals surface area contributed by atoms with Crippen molar-refractivity contribution in [2.75, 3.05) is 26.2 Å². The van der Waals surface area contributed by atoms with E-state index in [9.17, 15) is 0 Å². The van der Waals surface area contributed by atoms with Gasteiger partial charge < -0.3 is 5.32 Å². The van der Waals surface area contributed by atoms with Crippen molar-refractivity contribution in [1.82, 2.24) is 10.2 Å². The van der Waals surface area contributed by atoms with Crippen molar-refractivity contribution in [2.24, 2.45) is 11.8 Å². The largest absolute Gasteiger partial charge is 0.316 e. The van der Waals surface area contributed by atoms with E-state index in [1.165, 1.54) is 31.7 Å². The van der Waals surface area contributed by atoms with Crippen molar-refractivity contribution in [1.29, 1.82) is 5.26 Å². The van der Waals surface area contributed by atoms with Crippen LogP contribution in [0.5, 0.6) is 0 Å². The van der Waals surface area contributed by atoms with Gasteiger partial charge in [-0.2, -0.15) is 5.26 Å². The van der Waals surface area contributed by atoms with Crippen LogP contribution in [-0.2, 0) is 6.54 Å². The molecule has 2 fully saturated rings. The minimum Gasteiger partial charge on any atom is -0.316 e. The average Bonchev–Trinajstić information content (AvgIpc) is 2.90. The summed E-state index contributed by atoms with van der Waals surface area (Å²) in [6.45, 7) is 5.75. The highest BCUT2D eigenvalue weighted by Crippen LogP contribution is 2.27. The molecule has 2 saturated heterocycles. The molecule has 0 saturated carbocycles.